The number of benzene rings is 1. The molecule has 1 heterocycles. The quantitative estimate of drug-likeness (QED) is 0.306. The average Bonchev–Trinajstić information content (AvgIpc) is 2.62. The number of esters is 1. The van der Waals surface area contributed by atoms with Crippen LogP contribution in [0.25, 0.3) is 0 Å². The maximum atomic E-state index is 11.6. The summed E-state index contributed by atoms with van der Waals surface area (Å²) in [7, 11) is 1.45. The molecule has 1 aromatic carbocycles. The second-order valence-electron chi connectivity index (χ2n) is 6.19. The van der Waals surface area contributed by atoms with E-state index in [4.69, 9.17) is 63.9 Å². The Morgan fingerprint density at radius 3 is 2.32 bits per heavy atom. The van der Waals surface area contributed by atoms with Crippen molar-refractivity contribution < 1.29 is 28.5 Å². The highest BCUT2D eigenvalue weighted by atomic mass is 35.6. The van der Waals surface area contributed by atoms with Crippen molar-refractivity contribution in [1.82, 2.24) is 0 Å². The van der Waals surface area contributed by atoms with Crippen LogP contribution in [0.5, 0.6) is 0 Å². The van der Waals surface area contributed by atoms with Crippen molar-refractivity contribution in [2.75, 3.05) is 7.11 Å². The van der Waals surface area contributed by atoms with Gasteiger partial charge in [0.2, 0.25) is 12.2 Å². The number of ether oxygens (including phenoxy) is 5. The molecule has 1 saturated heterocycles. The van der Waals surface area contributed by atoms with Gasteiger partial charge >= 0.3 is 5.97 Å². The largest absolute Gasteiger partial charge is 0.453 e. The molecule has 0 radical (unpaired) electrons. The fraction of sp³-hybridized carbons (Fsp3) is 0.556. The van der Waals surface area contributed by atoms with E-state index in [9.17, 15) is 4.79 Å². The Kier molecular flexibility index (Phi) is 8.36. The summed E-state index contributed by atoms with van der Waals surface area (Å²) in [5.41, 5.74) is 0.963. The first-order chi connectivity index (χ1) is 13.1. The van der Waals surface area contributed by atoms with Gasteiger partial charge in [0.05, 0.1) is 12.7 Å². The Bertz CT molecular complexity index is 669. The number of nitrogens with one attached hydrogen (secondary N) is 1. The summed E-state index contributed by atoms with van der Waals surface area (Å²) in [6.07, 6.45) is -4.06. The third kappa shape index (κ3) is 6.20. The summed E-state index contributed by atoms with van der Waals surface area (Å²) in [6.45, 7) is 3.30. The van der Waals surface area contributed by atoms with Gasteiger partial charge in [0.1, 0.15) is 12.2 Å². The monoisotopic (exact) mass is 453 g/mol. The summed E-state index contributed by atoms with van der Waals surface area (Å²) in [6, 6.07) is 9.57. The molecule has 10 heteroatoms. The van der Waals surface area contributed by atoms with E-state index in [1.165, 1.54) is 14.0 Å². The topological polar surface area (TPSA) is 87.1 Å². The Morgan fingerprint density at radius 2 is 1.79 bits per heavy atom. The Morgan fingerprint density at radius 1 is 1.14 bits per heavy atom. The van der Waals surface area contributed by atoms with Crippen LogP contribution < -0.4 is 0 Å². The highest BCUT2D eigenvalue weighted by Gasteiger charge is 2.50. The number of hydrogen-bond donors (Lipinski definition) is 1. The molecule has 1 unspecified atom stereocenters. The van der Waals surface area contributed by atoms with Gasteiger partial charge in [-0.2, -0.15) is 0 Å². The predicted molar refractivity (Wildman–Crippen MR) is 105 cm³/mol. The fourth-order valence-corrected chi connectivity index (χ4v) is 2.97. The Hall–Kier alpha value is -1.09. The molecular formula is C18H22Cl3NO6. The number of carbonyl (C=O) groups excluding carboxylic acids is 1. The zero-order valence-corrected chi connectivity index (χ0v) is 17.8. The normalized spacial score (nSPS) is 27.9. The summed E-state index contributed by atoms with van der Waals surface area (Å²) < 4.78 is 25.9. The first-order valence-electron chi connectivity index (χ1n) is 8.47. The summed E-state index contributed by atoms with van der Waals surface area (Å²) in [5, 5.41) is 7.77. The van der Waals surface area contributed by atoms with Crippen LogP contribution in [0.2, 0.25) is 0 Å². The molecule has 1 aliphatic heterocycles. The molecular weight excluding hydrogens is 433 g/mol. The van der Waals surface area contributed by atoms with Crippen LogP contribution in [0.4, 0.5) is 0 Å². The minimum absolute atomic E-state index is 0.307. The second kappa shape index (κ2) is 10.1. The molecule has 0 bridgehead atoms. The van der Waals surface area contributed by atoms with Gasteiger partial charge in [0.25, 0.3) is 3.79 Å². The lowest BCUT2D eigenvalue weighted by molar-refractivity contribution is -0.290. The number of methoxy groups -OCH3 is 1. The van der Waals surface area contributed by atoms with Gasteiger partial charge in [-0.15, -0.1) is 0 Å². The SMILES string of the molecule is CO[C@@H]1[C@@H](OCc2ccccc2)[C@H](C)OC(OC(=N)C(Cl)(Cl)Cl)[C@@H]1OC(C)=O. The third-order valence-electron chi connectivity index (χ3n) is 4.08. The molecule has 28 heavy (non-hydrogen) atoms. The lowest BCUT2D eigenvalue weighted by Gasteiger charge is -2.44. The summed E-state index contributed by atoms with van der Waals surface area (Å²) in [4.78, 5) is 11.6. The van der Waals surface area contributed by atoms with Crippen LogP contribution >= 0.6 is 34.8 Å². The van der Waals surface area contributed by atoms with Crippen LogP contribution in [-0.4, -0.2) is 53.5 Å². The molecule has 7 nitrogen and oxygen atoms in total. The van der Waals surface area contributed by atoms with Crippen LogP contribution in [0.15, 0.2) is 30.3 Å². The molecule has 0 aromatic heterocycles. The minimum atomic E-state index is -2.09. The molecule has 1 aliphatic rings. The molecule has 1 fully saturated rings. The van der Waals surface area contributed by atoms with Crippen LogP contribution in [0, 0.1) is 5.41 Å². The number of hydrogen-bond acceptors (Lipinski definition) is 7. The third-order valence-corrected chi connectivity index (χ3v) is 4.59. The minimum Gasteiger partial charge on any atom is -0.453 e. The molecule has 1 N–H and O–H groups in total. The van der Waals surface area contributed by atoms with Crippen molar-refractivity contribution in [3.05, 3.63) is 35.9 Å². The number of carbonyl (C=O) groups is 1. The van der Waals surface area contributed by atoms with E-state index >= 15 is 0 Å². The zero-order valence-electron chi connectivity index (χ0n) is 15.6. The van der Waals surface area contributed by atoms with Gasteiger partial charge in [-0.1, -0.05) is 65.1 Å². The van der Waals surface area contributed by atoms with Gasteiger partial charge in [-0.25, -0.2) is 0 Å². The number of halogens is 3. The molecule has 0 amide bonds. The second-order valence-corrected chi connectivity index (χ2v) is 8.47. The zero-order chi connectivity index (χ0) is 20.9. The standard InChI is InChI=1S/C18H22Cl3NO6/c1-10-13(25-9-12-7-5-4-6-8-12)14(24-3)15(27-11(2)23)16(26-10)28-17(22)18(19,20)21/h4-8,10,13-16,22H,9H2,1-3H3/t10-,13-,14+,15+,16?/m0/s1. The molecule has 0 saturated carbocycles. The van der Waals surface area contributed by atoms with Crippen molar-refractivity contribution in [2.45, 2.75) is 55.0 Å². The van der Waals surface area contributed by atoms with E-state index in [1.807, 2.05) is 30.3 Å². The molecule has 2 rings (SSSR count). The van der Waals surface area contributed by atoms with E-state index in [1.54, 1.807) is 6.92 Å². The first kappa shape index (κ1) is 23.2. The molecule has 0 spiro atoms. The van der Waals surface area contributed by atoms with E-state index in [0.717, 1.165) is 5.56 Å². The summed E-state index contributed by atoms with van der Waals surface area (Å²) in [5.74, 6) is -1.24. The van der Waals surface area contributed by atoms with E-state index in [-0.39, 0.29) is 0 Å². The number of rotatable bonds is 6. The van der Waals surface area contributed by atoms with Crippen molar-refractivity contribution in [1.29, 1.82) is 5.41 Å². The van der Waals surface area contributed by atoms with E-state index in [2.05, 4.69) is 0 Å². The van der Waals surface area contributed by atoms with Crippen LogP contribution in [-0.2, 0) is 35.1 Å². The van der Waals surface area contributed by atoms with Crippen LogP contribution in [0.1, 0.15) is 19.4 Å². The van der Waals surface area contributed by atoms with Gasteiger partial charge in [-0.05, 0) is 12.5 Å². The van der Waals surface area contributed by atoms with E-state index in [0.29, 0.717) is 6.61 Å². The van der Waals surface area contributed by atoms with Gasteiger partial charge in [0, 0.05) is 14.0 Å². The van der Waals surface area contributed by atoms with Crippen molar-refractivity contribution >= 4 is 46.7 Å². The molecule has 5 atom stereocenters. The van der Waals surface area contributed by atoms with Crippen molar-refractivity contribution in [3.63, 3.8) is 0 Å². The average molecular weight is 455 g/mol. The summed E-state index contributed by atoms with van der Waals surface area (Å²) >= 11 is 17.0. The lowest BCUT2D eigenvalue weighted by Crippen LogP contribution is -2.60. The Balaban J connectivity index is 2.18. The van der Waals surface area contributed by atoms with Gasteiger partial charge in [-0.3, -0.25) is 10.2 Å². The van der Waals surface area contributed by atoms with E-state index < -0.39 is 46.4 Å². The van der Waals surface area contributed by atoms with Gasteiger partial charge < -0.3 is 23.7 Å². The molecule has 0 aliphatic carbocycles. The van der Waals surface area contributed by atoms with Gasteiger partial charge in [0.15, 0.2) is 6.10 Å². The first-order valence-corrected chi connectivity index (χ1v) is 9.60. The number of alkyl halides is 3. The smallest absolute Gasteiger partial charge is 0.303 e. The maximum Gasteiger partial charge on any atom is 0.303 e. The maximum absolute atomic E-state index is 11.6. The highest BCUT2D eigenvalue weighted by Crippen LogP contribution is 2.33. The highest BCUT2D eigenvalue weighted by molar-refractivity contribution is 6.76. The van der Waals surface area contributed by atoms with Crippen molar-refractivity contribution in [3.8, 4) is 0 Å². The Labute approximate surface area is 178 Å². The molecule has 1 aromatic rings. The molecule has 156 valence electrons. The fourth-order valence-electron chi connectivity index (χ4n) is 2.83. The van der Waals surface area contributed by atoms with Crippen molar-refractivity contribution in [2.24, 2.45) is 0 Å². The lowest BCUT2D eigenvalue weighted by atomic mass is 9.99. The predicted octanol–water partition coefficient (Wildman–Crippen LogP) is 3.63. The van der Waals surface area contributed by atoms with Crippen LogP contribution in [0.3, 0.4) is 0 Å².